The normalized spacial score (nSPS) is 19.0. The predicted octanol–water partition coefficient (Wildman–Crippen LogP) is 0.802. The number of alkyl carbamates (subject to hydrolysis) is 1. The molecule has 0 aromatic carbocycles. The van der Waals surface area contributed by atoms with Crippen LogP contribution in [0.1, 0.15) is 39.5 Å². The Hall–Kier alpha value is -0.910. The van der Waals surface area contributed by atoms with Gasteiger partial charge in [-0.3, -0.25) is 4.79 Å². The molecular formula is C11H21N2O5P. The Bertz CT molecular complexity index is 320. The summed E-state index contributed by atoms with van der Waals surface area (Å²) in [6, 6.07) is -0.786. The lowest BCUT2D eigenvalue weighted by atomic mass is 10.3. The predicted molar refractivity (Wildman–Crippen MR) is 70.3 cm³/mol. The average Bonchev–Trinajstić information content (AvgIpc) is 2.80. The number of ether oxygens (including phenoxy) is 1. The third-order valence-electron chi connectivity index (χ3n) is 3.00. The van der Waals surface area contributed by atoms with Gasteiger partial charge in [0.2, 0.25) is 5.91 Å². The van der Waals surface area contributed by atoms with Gasteiger partial charge in [-0.25, -0.2) is 4.79 Å². The molecule has 4 N–H and O–H groups in total. The van der Waals surface area contributed by atoms with Crippen molar-refractivity contribution in [3.8, 4) is 0 Å². The molecule has 1 rings (SSSR count). The van der Waals surface area contributed by atoms with Crippen LogP contribution in [0.5, 0.6) is 0 Å². The summed E-state index contributed by atoms with van der Waals surface area (Å²) in [6.07, 6.45) is 3.17. The van der Waals surface area contributed by atoms with E-state index in [1.807, 2.05) is 0 Å². The van der Waals surface area contributed by atoms with Crippen LogP contribution in [-0.2, 0) is 9.53 Å². The highest BCUT2D eigenvalue weighted by Gasteiger charge is 2.23. The highest BCUT2D eigenvalue weighted by molar-refractivity contribution is 7.45. The van der Waals surface area contributed by atoms with Gasteiger partial charge in [-0.1, -0.05) is 0 Å². The molecule has 2 atom stereocenters. The Morgan fingerprint density at radius 3 is 2.32 bits per heavy atom. The zero-order valence-electron chi connectivity index (χ0n) is 11.1. The van der Waals surface area contributed by atoms with Crippen LogP contribution in [0.25, 0.3) is 0 Å². The summed E-state index contributed by atoms with van der Waals surface area (Å²) in [6.45, 7) is 2.99. The molecular weight excluding hydrogens is 271 g/mol. The van der Waals surface area contributed by atoms with E-state index in [0.29, 0.717) is 0 Å². The van der Waals surface area contributed by atoms with Gasteiger partial charge in [-0.15, -0.1) is 0 Å². The highest BCUT2D eigenvalue weighted by atomic mass is 31.2. The van der Waals surface area contributed by atoms with Crippen LogP contribution < -0.4 is 10.6 Å². The van der Waals surface area contributed by atoms with Crippen molar-refractivity contribution < 1.29 is 24.1 Å². The summed E-state index contributed by atoms with van der Waals surface area (Å²) in [5, 5.41) is 4.82. The fourth-order valence-electron chi connectivity index (χ4n) is 1.82. The van der Waals surface area contributed by atoms with Crippen molar-refractivity contribution >= 4 is 20.4 Å². The van der Waals surface area contributed by atoms with E-state index < -0.39 is 32.2 Å². The molecule has 8 heteroatoms. The molecule has 0 aromatic heterocycles. The Balaban J connectivity index is 2.30. The van der Waals surface area contributed by atoms with Gasteiger partial charge in [0.25, 0.3) is 0 Å². The summed E-state index contributed by atoms with van der Waals surface area (Å²) in [4.78, 5) is 41.0. The van der Waals surface area contributed by atoms with Gasteiger partial charge in [-0.05, 0) is 39.5 Å². The van der Waals surface area contributed by atoms with Crippen molar-refractivity contribution in [1.82, 2.24) is 10.6 Å². The minimum atomic E-state index is -2.23. The first-order valence-electron chi connectivity index (χ1n) is 6.34. The molecule has 1 aliphatic carbocycles. The third-order valence-corrected chi connectivity index (χ3v) is 3.82. The van der Waals surface area contributed by atoms with Crippen molar-refractivity contribution in [1.29, 1.82) is 0 Å². The van der Waals surface area contributed by atoms with Gasteiger partial charge in [-0.2, -0.15) is 0 Å². The lowest BCUT2D eigenvalue weighted by molar-refractivity contribution is -0.122. The first-order valence-corrected chi connectivity index (χ1v) is 7.66. The van der Waals surface area contributed by atoms with Gasteiger partial charge >= 0.3 is 6.09 Å². The molecule has 1 fully saturated rings. The molecule has 0 heterocycles. The van der Waals surface area contributed by atoms with Crippen molar-refractivity contribution in [3.63, 3.8) is 0 Å². The SMILES string of the molecule is CC(NC(=O)[C@H](C)NC(=O)OC1CCCC1)P(O)O. The molecule has 0 spiro atoms. The van der Waals surface area contributed by atoms with Crippen LogP contribution in [0.2, 0.25) is 0 Å². The van der Waals surface area contributed by atoms with Crippen molar-refractivity contribution in [2.24, 2.45) is 0 Å². The number of amides is 2. The number of rotatable bonds is 5. The Morgan fingerprint density at radius 2 is 1.79 bits per heavy atom. The summed E-state index contributed by atoms with van der Waals surface area (Å²) in [5.74, 6) is -1.22. The zero-order valence-corrected chi connectivity index (χ0v) is 12.0. The second-order valence-corrected chi connectivity index (χ2v) is 6.10. The van der Waals surface area contributed by atoms with Crippen LogP contribution in [0.3, 0.4) is 0 Å². The van der Waals surface area contributed by atoms with Crippen LogP contribution in [-0.4, -0.2) is 39.7 Å². The maximum absolute atomic E-state index is 11.6. The molecule has 0 aliphatic heterocycles. The maximum atomic E-state index is 11.6. The monoisotopic (exact) mass is 292 g/mol. The number of carbonyl (C=O) groups is 2. The second kappa shape index (κ2) is 7.62. The molecule has 0 aromatic rings. The van der Waals surface area contributed by atoms with Gasteiger partial charge in [0.1, 0.15) is 12.1 Å². The Labute approximate surface area is 113 Å². The molecule has 1 aliphatic rings. The maximum Gasteiger partial charge on any atom is 0.408 e. The van der Waals surface area contributed by atoms with Crippen LogP contribution in [0, 0.1) is 0 Å². The molecule has 110 valence electrons. The van der Waals surface area contributed by atoms with E-state index in [1.165, 1.54) is 13.8 Å². The fourth-order valence-corrected chi connectivity index (χ4v) is 2.07. The molecule has 1 unspecified atom stereocenters. The number of carbonyl (C=O) groups excluding carboxylic acids is 2. The topological polar surface area (TPSA) is 108 Å². The standard InChI is InChI=1S/C11H21N2O5P/c1-7(10(14)13-8(2)19(16)17)12-11(15)18-9-5-3-4-6-9/h7-9,16-17H,3-6H2,1-2H3,(H,12,15)(H,13,14)/t7-,8?/m0/s1. The van der Waals surface area contributed by atoms with Gasteiger partial charge < -0.3 is 25.2 Å². The molecule has 2 amide bonds. The van der Waals surface area contributed by atoms with E-state index in [-0.39, 0.29) is 6.10 Å². The largest absolute Gasteiger partial charge is 0.446 e. The van der Waals surface area contributed by atoms with Crippen molar-refractivity contribution in [3.05, 3.63) is 0 Å². The van der Waals surface area contributed by atoms with E-state index in [4.69, 9.17) is 14.5 Å². The van der Waals surface area contributed by atoms with Gasteiger partial charge in [0, 0.05) is 0 Å². The molecule has 19 heavy (non-hydrogen) atoms. The van der Waals surface area contributed by atoms with Crippen LogP contribution >= 0.6 is 8.38 Å². The number of hydrogen-bond acceptors (Lipinski definition) is 5. The van der Waals surface area contributed by atoms with Gasteiger partial charge in [0.05, 0.1) is 5.78 Å². The van der Waals surface area contributed by atoms with Crippen molar-refractivity contribution in [2.75, 3.05) is 0 Å². The number of nitrogens with one attached hydrogen (secondary N) is 2. The Kier molecular flexibility index (Phi) is 6.48. The highest BCUT2D eigenvalue weighted by Crippen LogP contribution is 2.28. The van der Waals surface area contributed by atoms with Crippen LogP contribution in [0.4, 0.5) is 4.79 Å². The third kappa shape index (κ3) is 5.72. The summed E-state index contributed by atoms with van der Waals surface area (Å²) in [5.41, 5.74) is 0. The molecule has 1 saturated carbocycles. The quantitative estimate of drug-likeness (QED) is 0.561. The van der Waals surface area contributed by atoms with E-state index in [1.54, 1.807) is 0 Å². The second-order valence-electron chi connectivity index (χ2n) is 4.68. The van der Waals surface area contributed by atoms with Crippen LogP contribution in [0.15, 0.2) is 0 Å². The molecule has 0 saturated heterocycles. The summed E-state index contributed by atoms with van der Waals surface area (Å²) < 4.78 is 5.16. The fraction of sp³-hybridized carbons (Fsp3) is 0.818. The summed E-state index contributed by atoms with van der Waals surface area (Å²) in [7, 11) is -2.23. The average molecular weight is 292 g/mol. The molecule has 0 bridgehead atoms. The lowest BCUT2D eigenvalue weighted by Gasteiger charge is -2.19. The summed E-state index contributed by atoms with van der Waals surface area (Å²) >= 11 is 0. The van der Waals surface area contributed by atoms with Gasteiger partial charge in [0.15, 0.2) is 8.38 Å². The minimum Gasteiger partial charge on any atom is -0.446 e. The first kappa shape index (κ1) is 16.1. The first-order chi connectivity index (χ1) is 8.90. The molecule has 0 radical (unpaired) electrons. The zero-order chi connectivity index (χ0) is 14.4. The van der Waals surface area contributed by atoms with E-state index in [2.05, 4.69) is 10.6 Å². The van der Waals surface area contributed by atoms with Crippen molar-refractivity contribution in [2.45, 2.75) is 57.5 Å². The lowest BCUT2D eigenvalue weighted by Crippen LogP contribution is -2.47. The Morgan fingerprint density at radius 1 is 1.21 bits per heavy atom. The van der Waals surface area contributed by atoms with E-state index in [0.717, 1.165) is 25.7 Å². The van der Waals surface area contributed by atoms with E-state index >= 15 is 0 Å². The number of hydrogen-bond donors (Lipinski definition) is 4. The molecule has 7 nitrogen and oxygen atoms in total. The van der Waals surface area contributed by atoms with E-state index in [9.17, 15) is 9.59 Å². The minimum absolute atomic E-state index is 0.0584. The smallest absolute Gasteiger partial charge is 0.408 e.